The summed E-state index contributed by atoms with van der Waals surface area (Å²) < 4.78 is 1.88. The number of H-pyrrole nitrogens is 1. The molecule has 1 aliphatic carbocycles. The third-order valence-corrected chi connectivity index (χ3v) is 3.31. The molecule has 82 valence electrons. The van der Waals surface area contributed by atoms with Crippen LogP contribution in [0.4, 0.5) is 0 Å². The monoisotopic (exact) mass is 223 g/mol. The molecule has 0 fully saturated rings. The predicted molar refractivity (Wildman–Crippen MR) is 64.1 cm³/mol. The summed E-state index contributed by atoms with van der Waals surface area (Å²) in [7, 11) is 0. The highest BCUT2D eigenvalue weighted by Gasteiger charge is 2.22. The zero-order valence-corrected chi connectivity index (χ0v) is 8.97. The van der Waals surface area contributed by atoms with Gasteiger partial charge in [0.25, 0.3) is 5.56 Å². The van der Waals surface area contributed by atoms with E-state index in [0.29, 0.717) is 5.65 Å². The van der Waals surface area contributed by atoms with Gasteiger partial charge in [0.1, 0.15) is 0 Å². The zero-order valence-electron chi connectivity index (χ0n) is 8.97. The van der Waals surface area contributed by atoms with Crippen molar-refractivity contribution < 1.29 is 0 Å². The minimum Gasteiger partial charge on any atom is -0.317 e. The highest BCUT2D eigenvalue weighted by Crippen LogP contribution is 2.33. The average Bonchev–Trinajstić information content (AvgIpc) is 2.93. The number of rotatable bonds is 0. The minimum absolute atomic E-state index is 0.134. The third kappa shape index (κ3) is 1.02. The number of nitrogens with one attached hydrogen (secondary N) is 1. The number of aromatic amines is 1. The summed E-state index contributed by atoms with van der Waals surface area (Å²) in [6.45, 7) is 0. The Labute approximate surface area is 96.6 Å². The quantitative estimate of drug-likeness (QED) is 0.492. The molecule has 0 radical (unpaired) electrons. The van der Waals surface area contributed by atoms with E-state index in [9.17, 15) is 4.79 Å². The van der Waals surface area contributed by atoms with Gasteiger partial charge in [-0.3, -0.25) is 9.20 Å². The average molecular weight is 223 g/mol. The van der Waals surface area contributed by atoms with Gasteiger partial charge in [-0.25, -0.2) is 4.98 Å². The van der Waals surface area contributed by atoms with Gasteiger partial charge in [-0.05, 0) is 5.56 Å². The normalized spacial score (nSPS) is 12.7. The van der Waals surface area contributed by atoms with E-state index in [4.69, 9.17) is 0 Å². The van der Waals surface area contributed by atoms with Crippen molar-refractivity contribution in [3.63, 3.8) is 0 Å². The van der Waals surface area contributed by atoms with Crippen molar-refractivity contribution >= 4 is 5.65 Å². The summed E-state index contributed by atoms with van der Waals surface area (Å²) in [6.07, 6.45) is 4.35. The summed E-state index contributed by atoms with van der Waals surface area (Å²) in [6, 6.07) is 8.15. The molecule has 0 bridgehead atoms. The van der Waals surface area contributed by atoms with Gasteiger partial charge in [-0.2, -0.15) is 0 Å². The second-order valence-corrected chi connectivity index (χ2v) is 4.23. The molecule has 17 heavy (non-hydrogen) atoms. The van der Waals surface area contributed by atoms with Crippen LogP contribution in [0.3, 0.4) is 0 Å². The Bertz CT molecular complexity index is 798. The fourth-order valence-corrected chi connectivity index (χ4v) is 2.55. The van der Waals surface area contributed by atoms with Crippen molar-refractivity contribution in [3.8, 4) is 11.3 Å². The molecule has 4 rings (SSSR count). The maximum Gasteiger partial charge on any atom is 0.292 e. The maximum atomic E-state index is 11.9. The summed E-state index contributed by atoms with van der Waals surface area (Å²) >= 11 is 0. The Morgan fingerprint density at radius 2 is 2.18 bits per heavy atom. The molecule has 4 nitrogen and oxygen atoms in total. The fourth-order valence-electron chi connectivity index (χ4n) is 2.55. The van der Waals surface area contributed by atoms with Crippen LogP contribution in [0.2, 0.25) is 0 Å². The summed E-state index contributed by atoms with van der Waals surface area (Å²) in [5, 5.41) is 0. The lowest BCUT2D eigenvalue weighted by Gasteiger charge is -2.02. The van der Waals surface area contributed by atoms with Gasteiger partial charge < -0.3 is 4.98 Å². The van der Waals surface area contributed by atoms with Crippen LogP contribution < -0.4 is 5.56 Å². The molecule has 0 aliphatic heterocycles. The first-order valence-corrected chi connectivity index (χ1v) is 5.51. The van der Waals surface area contributed by atoms with Crippen LogP contribution in [0.15, 0.2) is 41.5 Å². The first-order valence-electron chi connectivity index (χ1n) is 5.51. The van der Waals surface area contributed by atoms with Crippen molar-refractivity contribution in [2.75, 3.05) is 0 Å². The van der Waals surface area contributed by atoms with Gasteiger partial charge in [0.2, 0.25) is 5.65 Å². The van der Waals surface area contributed by atoms with E-state index in [-0.39, 0.29) is 5.56 Å². The van der Waals surface area contributed by atoms with Gasteiger partial charge in [0.05, 0.1) is 11.4 Å². The van der Waals surface area contributed by atoms with Crippen LogP contribution in [0.25, 0.3) is 16.9 Å². The van der Waals surface area contributed by atoms with E-state index < -0.39 is 0 Å². The molecule has 3 aromatic rings. The Hall–Kier alpha value is -2.36. The molecule has 1 aromatic carbocycles. The number of nitrogens with zero attached hydrogens (tertiary/aromatic N) is 2. The van der Waals surface area contributed by atoms with Gasteiger partial charge in [0.15, 0.2) is 0 Å². The number of fused-ring (bicyclic) bond motifs is 5. The molecular weight excluding hydrogens is 214 g/mol. The summed E-state index contributed by atoms with van der Waals surface area (Å²) in [4.78, 5) is 18.9. The molecule has 2 aromatic heterocycles. The van der Waals surface area contributed by atoms with Crippen molar-refractivity contribution in [2.45, 2.75) is 6.42 Å². The molecule has 0 unspecified atom stereocenters. The Morgan fingerprint density at radius 1 is 1.29 bits per heavy atom. The van der Waals surface area contributed by atoms with Crippen LogP contribution in [0.1, 0.15) is 11.3 Å². The van der Waals surface area contributed by atoms with Crippen molar-refractivity contribution in [3.05, 3.63) is 58.3 Å². The molecule has 0 saturated heterocycles. The van der Waals surface area contributed by atoms with Crippen LogP contribution in [0, 0.1) is 0 Å². The molecular formula is C13H9N3O. The zero-order chi connectivity index (χ0) is 11.4. The molecule has 0 atom stereocenters. The van der Waals surface area contributed by atoms with Crippen LogP contribution >= 0.6 is 0 Å². The Morgan fingerprint density at radius 3 is 3.12 bits per heavy atom. The second-order valence-electron chi connectivity index (χ2n) is 4.23. The highest BCUT2D eigenvalue weighted by molar-refractivity contribution is 5.73. The van der Waals surface area contributed by atoms with Crippen LogP contribution in [-0.2, 0) is 6.42 Å². The van der Waals surface area contributed by atoms with Crippen LogP contribution in [0.5, 0.6) is 0 Å². The number of aromatic nitrogens is 3. The second kappa shape index (κ2) is 2.85. The number of imidazole rings is 1. The maximum absolute atomic E-state index is 11.9. The first-order chi connectivity index (χ1) is 8.34. The van der Waals surface area contributed by atoms with Crippen molar-refractivity contribution in [1.82, 2.24) is 14.4 Å². The number of hydrogen-bond acceptors (Lipinski definition) is 2. The third-order valence-electron chi connectivity index (χ3n) is 3.31. The van der Waals surface area contributed by atoms with Gasteiger partial charge >= 0.3 is 0 Å². The molecule has 1 N–H and O–H groups in total. The van der Waals surface area contributed by atoms with Crippen molar-refractivity contribution in [1.29, 1.82) is 0 Å². The standard InChI is InChI=1S/C13H9N3O/c17-13-12-14-5-6-16(12)10-7-8-3-1-2-4-9(8)11(10)15-13/h1-6H,7H2,(H,15,17). The molecule has 0 saturated carbocycles. The minimum atomic E-state index is -0.134. The lowest BCUT2D eigenvalue weighted by Crippen LogP contribution is -2.13. The topological polar surface area (TPSA) is 50.2 Å². The van der Waals surface area contributed by atoms with Gasteiger partial charge in [-0.1, -0.05) is 24.3 Å². The Kier molecular flexibility index (Phi) is 1.47. The summed E-state index contributed by atoms with van der Waals surface area (Å²) in [5.41, 5.74) is 4.74. The van der Waals surface area contributed by atoms with Crippen molar-refractivity contribution in [2.24, 2.45) is 0 Å². The van der Waals surface area contributed by atoms with E-state index >= 15 is 0 Å². The fraction of sp³-hybridized carbons (Fsp3) is 0.0769. The van der Waals surface area contributed by atoms with E-state index in [1.54, 1.807) is 6.20 Å². The molecule has 0 spiro atoms. The lowest BCUT2D eigenvalue weighted by atomic mass is 10.1. The molecule has 0 amide bonds. The van der Waals surface area contributed by atoms with Crippen LogP contribution in [-0.4, -0.2) is 14.4 Å². The highest BCUT2D eigenvalue weighted by atomic mass is 16.1. The number of hydrogen-bond donors (Lipinski definition) is 1. The molecule has 1 aliphatic rings. The first kappa shape index (κ1) is 8.75. The van der Waals surface area contributed by atoms with Gasteiger partial charge in [-0.15, -0.1) is 0 Å². The van der Waals surface area contributed by atoms with Gasteiger partial charge in [0, 0.05) is 24.4 Å². The predicted octanol–water partition coefficient (Wildman–Crippen LogP) is 1.59. The molecule has 4 heteroatoms. The smallest absolute Gasteiger partial charge is 0.292 e. The van der Waals surface area contributed by atoms with E-state index in [2.05, 4.69) is 16.0 Å². The summed E-state index contributed by atoms with van der Waals surface area (Å²) in [5.74, 6) is 0. The van der Waals surface area contributed by atoms with E-state index in [1.165, 1.54) is 5.56 Å². The largest absolute Gasteiger partial charge is 0.317 e. The SMILES string of the molecule is O=c1[nH]c2c(n3ccnc13)Cc1ccccc1-2. The Balaban J connectivity index is 2.19. The lowest BCUT2D eigenvalue weighted by molar-refractivity contribution is 1.00. The van der Waals surface area contributed by atoms with E-state index in [0.717, 1.165) is 23.4 Å². The number of benzene rings is 1. The van der Waals surface area contributed by atoms with E-state index in [1.807, 2.05) is 28.8 Å². The molecule has 2 heterocycles.